The van der Waals surface area contributed by atoms with Crippen LogP contribution in [-0.4, -0.2) is 54.0 Å². The van der Waals surface area contributed by atoms with Crippen LogP contribution in [0, 0.1) is 6.92 Å². The summed E-state index contributed by atoms with van der Waals surface area (Å²) in [5.74, 6) is 0.901. The normalized spacial score (nSPS) is 19.0. The molecule has 2 N–H and O–H groups in total. The van der Waals surface area contributed by atoms with Crippen molar-refractivity contribution < 1.29 is 9.59 Å². The number of H-pyrrole nitrogens is 1. The SMILES string of the molecule is Cc1nc([C@@H]2C[C@H](NC(=O)c3ccccc3)CN2C(=O)c2cncn2C)n[nH]1. The molecule has 9 nitrogen and oxygen atoms in total. The van der Waals surface area contributed by atoms with Crippen molar-refractivity contribution >= 4 is 11.8 Å². The molecular weight excluding hydrogens is 358 g/mol. The number of benzene rings is 1. The minimum absolute atomic E-state index is 0.162. The molecule has 2 aromatic heterocycles. The maximum Gasteiger partial charge on any atom is 0.272 e. The van der Waals surface area contributed by atoms with Crippen LogP contribution in [-0.2, 0) is 7.05 Å². The molecule has 0 aliphatic carbocycles. The van der Waals surface area contributed by atoms with E-state index in [0.717, 1.165) is 0 Å². The molecule has 1 aromatic carbocycles. The fourth-order valence-electron chi connectivity index (χ4n) is 3.49. The molecule has 4 rings (SSSR count). The molecule has 0 unspecified atom stereocenters. The van der Waals surface area contributed by atoms with Gasteiger partial charge >= 0.3 is 0 Å². The molecule has 2 amide bonds. The lowest BCUT2D eigenvalue weighted by atomic mass is 10.1. The van der Waals surface area contributed by atoms with Gasteiger partial charge in [-0.2, -0.15) is 5.10 Å². The van der Waals surface area contributed by atoms with Gasteiger partial charge in [-0.3, -0.25) is 14.7 Å². The van der Waals surface area contributed by atoms with Crippen molar-refractivity contribution in [3.63, 3.8) is 0 Å². The van der Waals surface area contributed by atoms with Crippen LogP contribution in [0.25, 0.3) is 0 Å². The van der Waals surface area contributed by atoms with Gasteiger partial charge in [0, 0.05) is 25.2 Å². The molecule has 0 radical (unpaired) electrons. The van der Waals surface area contributed by atoms with Crippen LogP contribution in [0.5, 0.6) is 0 Å². The van der Waals surface area contributed by atoms with Crippen molar-refractivity contribution in [3.8, 4) is 0 Å². The molecule has 1 aliphatic heterocycles. The summed E-state index contributed by atoms with van der Waals surface area (Å²) in [6.45, 7) is 2.19. The Morgan fingerprint density at radius 3 is 2.68 bits per heavy atom. The van der Waals surface area contributed by atoms with Gasteiger partial charge in [0.15, 0.2) is 5.82 Å². The molecular formula is C19H21N7O2. The van der Waals surface area contributed by atoms with Crippen molar-refractivity contribution in [3.05, 3.63) is 65.8 Å². The van der Waals surface area contributed by atoms with E-state index in [-0.39, 0.29) is 23.9 Å². The molecule has 144 valence electrons. The highest BCUT2D eigenvalue weighted by Gasteiger charge is 2.40. The molecule has 1 fully saturated rings. The smallest absolute Gasteiger partial charge is 0.272 e. The van der Waals surface area contributed by atoms with Crippen molar-refractivity contribution in [1.29, 1.82) is 0 Å². The topological polar surface area (TPSA) is 109 Å². The fraction of sp³-hybridized carbons (Fsp3) is 0.316. The van der Waals surface area contributed by atoms with Gasteiger partial charge in [0.2, 0.25) is 0 Å². The Bertz CT molecular complexity index is 995. The Morgan fingerprint density at radius 2 is 2.04 bits per heavy atom. The lowest BCUT2D eigenvalue weighted by molar-refractivity contribution is 0.0714. The zero-order chi connectivity index (χ0) is 19.7. The summed E-state index contributed by atoms with van der Waals surface area (Å²) in [4.78, 5) is 35.8. The third kappa shape index (κ3) is 3.38. The molecule has 0 bridgehead atoms. The first-order valence-corrected chi connectivity index (χ1v) is 9.05. The van der Waals surface area contributed by atoms with E-state index in [1.807, 2.05) is 25.1 Å². The third-order valence-corrected chi connectivity index (χ3v) is 4.88. The number of nitrogens with zero attached hydrogens (tertiary/aromatic N) is 5. The number of carbonyl (C=O) groups excluding carboxylic acids is 2. The number of carbonyl (C=O) groups is 2. The summed E-state index contributed by atoms with van der Waals surface area (Å²) < 4.78 is 1.68. The van der Waals surface area contributed by atoms with Gasteiger partial charge in [0.05, 0.1) is 18.6 Å². The number of amides is 2. The number of likely N-dealkylation sites (tertiary alicyclic amines) is 1. The molecule has 1 saturated heterocycles. The number of aromatic amines is 1. The Morgan fingerprint density at radius 1 is 1.25 bits per heavy atom. The Kier molecular flexibility index (Phi) is 4.64. The lowest BCUT2D eigenvalue weighted by Gasteiger charge is -2.22. The van der Waals surface area contributed by atoms with E-state index in [4.69, 9.17) is 0 Å². The second kappa shape index (κ2) is 7.26. The zero-order valence-electron chi connectivity index (χ0n) is 15.7. The summed E-state index contributed by atoms with van der Waals surface area (Å²) in [6.07, 6.45) is 3.67. The molecule has 1 aliphatic rings. The number of rotatable bonds is 4. The van der Waals surface area contributed by atoms with Crippen LogP contribution in [0.2, 0.25) is 0 Å². The van der Waals surface area contributed by atoms with Crippen molar-refractivity contribution in [2.75, 3.05) is 6.54 Å². The summed E-state index contributed by atoms with van der Waals surface area (Å²) in [7, 11) is 1.77. The van der Waals surface area contributed by atoms with Gasteiger partial charge in [-0.1, -0.05) is 18.2 Å². The second-order valence-corrected chi connectivity index (χ2v) is 6.91. The van der Waals surface area contributed by atoms with Gasteiger partial charge in [-0.25, -0.2) is 9.97 Å². The number of hydrogen-bond acceptors (Lipinski definition) is 5. The minimum atomic E-state index is -0.326. The second-order valence-electron chi connectivity index (χ2n) is 6.91. The van der Waals surface area contributed by atoms with Crippen LogP contribution in [0.1, 0.15) is 45.0 Å². The zero-order valence-corrected chi connectivity index (χ0v) is 15.7. The number of imidazole rings is 1. The van der Waals surface area contributed by atoms with Gasteiger partial charge < -0.3 is 14.8 Å². The predicted octanol–water partition coefficient (Wildman–Crippen LogP) is 1.23. The number of hydrogen-bond donors (Lipinski definition) is 2. The lowest BCUT2D eigenvalue weighted by Crippen LogP contribution is -2.39. The largest absolute Gasteiger partial charge is 0.347 e. The average Bonchev–Trinajstić information content (AvgIpc) is 3.42. The Hall–Kier alpha value is -3.49. The maximum absolute atomic E-state index is 13.1. The molecule has 3 aromatic rings. The summed E-state index contributed by atoms with van der Waals surface area (Å²) in [6, 6.07) is 8.50. The van der Waals surface area contributed by atoms with Crippen LogP contribution in [0.15, 0.2) is 42.9 Å². The molecule has 2 atom stereocenters. The van der Waals surface area contributed by atoms with E-state index in [2.05, 4.69) is 25.5 Å². The van der Waals surface area contributed by atoms with E-state index in [1.165, 1.54) is 0 Å². The summed E-state index contributed by atoms with van der Waals surface area (Å²) in [5.41, 5.74) is 1.07. The quantitative estimate of drug-likeness (QED) is 0.709. The van der Waals surface area contributed by atoms with Crippen LogP contribution < -0.4 is 5.32 Å². The highest BCUT2D eigenvalue weighted by molar-refractivity contribution is 5.95. The van der Waals surface area contributed by atoms with Gasteiger partial charge in [0.1, 0.15) is 11.5 Å². The molecule has 28 heavy (non-hydrogen) atoms. The molecule has 9 heteroatoms. The first-order valence-electron chi connectivity index (χ1n) is 9.05. The van der Waals surface area contributed by atoms with Gasteiger partial charge in [-0.15, -0.1) is 0 Å². The fourth-order valence-corrected chi connectivity index (χ4v) is 3.49. The highest BCUT2D eigenvalue weighted by Crippen LogP contribution is 2.31. The predicted molar refractivity (Wildman–Crippen MR) is 100 cm³/mol. The minimum Gasteiger partial charge on any atom is -0.347 e. The monoisotopic (exact) mass is 379 g/mol. The number of nitrogens with one attached hydrogen (secondary N) is 2. The van der Waals surface area contributed by atoms with Crippen molar-refractivity contribution in [2.45, 2.75) is 25.4 Å². The van der Waals surface area contributed by atoms with Crippen molar-refractivity contribution in [2.24, 2.45) is 7.05 Å². The van der Waals surface area contributed by atoms with Crippen LogP contribution in [0.3, 0.4) is 0 Å². The van der Waals surface area contributed by atoms with E-state index in [9.17, 15) is 9.59 Å². The number of aromatic nitrogens is 5. The van der Waals surface area contributed by atoms with Gasteiger partial charge in [-0.05, 0) is 25.5 Å². The standard InChI is InChI=1S/C19H21N7O2/c1-12-21-17(24-23-12)15-8-14(22-18(27)13-6-4-3-5-7-13)10-26(15)19(28)16-9-20-11-25(16)2/h3-7,9,11,14-15H,8,10H2,1-2H3,(H,22,27)(H,21,23,24)/t14-,15-/m0/s1. The maximum atomic E-state index is 13.1. The van der Waals surface area contributed by atoms with Crippen LogP contribution in [0.4, 0.5) is 0 Å². The summed E-state index contributed by atoms with van der Waals surface area (Å²) in [5, 5.41) is 10.1. The Labute approximate surface area is 161 Å². The van der Waals surface area contributed by atoms with E-state index < -0.39 is 0 Å². The molecule has 0 spiro atoms. The highest BCUT2D eigenvalue weighted by atomic mass is 16.2. The Balaban J connectivity index is 1.57. The molecule has 0 saturated carbocycles. The molecule has 3 heterocycles. The number of aryl methyl sites for hydroxylation is 2. The van der Waals surface area contributed by atoms with Gasteiger partial charge in [0.25, 0.3) is 11.8 Å². The average molecular weight is 379 g/mol. The summed E-state index contributed by atoms with van der Waals surface area (Å²) >= 11 is 0. The van der Waals surface area contributed by atoms with Crippen molar-refractivity contribution in [1.82, 2.24) is 34.9 Å². The first-order chi connectivity index (χ1) is 13.5. The third-order valence-electron chi connectivity index (χ3n) is 4.88. The first kappa shape index (κ1) is 17.9. The van der Waals surface area contributed by atoms with E-state index in [0.29, 0.717) is 35.9 Å². The van der Waals surface area contributed by atoms with E-state index >= 15 is 0 Å². The van der Waals surface area contributed by atoms with E-state index in [1.54, 1.807) is 41.2 Å². The van der Waals surface area contributed by atoms with Crippen LogP contribution >= 0.6 is 0 Å².